The predicted octanol–water partition coefficient (Wildman–Crippen LogP) is 0.430. The molecule has 0 aliphatic rings. The zero-order chi connectivity index (χ0) is 9.68. The van der Waals surface area contributed by atoms with E-state index in [0.29, 0.717) is 6.42 Å². The number of hydrogen-bond acceptors (Lipinski definition) is 3. The van der Waals surface area contributed by atoms with E-state index >= 15 is 0 Å². The summed E-state index contributed by atoms with van der Waals surface area (Å²) < 4.78 is 0. The summed E-state index contributed by atoms with van der Waals surface area (Å²) in [4.78, 5) is 0. The lowest BCUT2D eigenvalue weighted by molar-refractivity contribution is 0.140. The van der Waals surface area contributed by atoms with Gasteiger partial charge in [0.1, 0.15) is 0 Å². The van der Waals surface area contributed by atoms with Crippen LogP contribution >= 0.6 is 0 Å². The smallest absolute Gasteiger partial charge is 0.0805 e. The molecule has 0 saturated heterocycles. The van der Waals surface area contributed by atoms with Crippen molar-refractivity contribution >= 4 is 0 Å². The molecule has 0 unspecified atom stereocenters. The molecule has 0 saturated carbocycles. The van der Waals surface area contributed by atoms with Crippen LogP contribution in [0.5, 0.6) is 0 Å². The molecule has 4 N–H and O–H groups in total. The molecule has 0 amide bonds. The van der Waals surface area contributed by atoms with Crippen LogP contribution < -0.4 is 5.73 Å². The van der Waals surface area contributed by atoms with Gasteiger partial charge in [0.25, 0.3) is 0 Å². The second kappa shape index (κ2) is 4.97. The molecule has 1 aromatic carbocycles. The summed E-state index contributed by atoms with van der Waals surface area (Å²) in [6.07, 6.45) is -0.191. The van der Waals surface area contributed by atoms with Crippen molar-refractivity contribution in [1.29, 1.82) is 0 Å². The van der Waals surface area contributed by atoms with Crippen molar-refractivity contribution < 1.29 is 10.2 Å². The Hall–Kier alpha value is -0.900. The van der Waals surface area contributed by atoms with E-state index in [1.807, 2.05) is 30.3 Å². The molecule has 0 bridgehead atoms. The second-order valence-electron chi connectivity index (χ2n) is 3.10. The summed E-state index contributed by atoms with van der Waals surface area (Å²) in [5, 5.41) is 18.3. The van der Waals surface area contributed by atoms with Gasteiger partial charge < -0.3 is 15.9 Å². The van der Waals surface area contributed by atoms with Gasteiger partial charge in [0.05, 0.1) is 12.7 Å². The van der Waals surface area contributed by atoms with E-state index in [9.17, 15) is 5.11 Å². The minimum atomic E-state index is -0.580. The number of nitrogens with two attached hydrogens (primary N) is 1. The molecule has 0 aliphatic heterocycles. The molecule has 2 atom stereocenters. The Balaban J connectivity index is 2.53. The van der Waals surface area contributed by atoms with Crippen molar-refractivity contribution in [1.82, 2.24) is 0 Å². The van der Waals surface area contributed by atoms with Crippen LogP contribution in [0.15, 0.2) is 30.3 Å². The Morgan fingerprint density at radius 1 is 1.23 bits per heavy atom. The van der Waals surface area contributed by atoms with Gasteiger partial charge in [-0.05, 0) is 12.0 Å². The van der Waals surface area contributed by atoms with Gasteiger partial charge in [0.2, 0.25) is 0 Å². The average molecular weight is 181 g/mol. The lowest BCUT2D eigenvalue weighted by atomic mass is 10.0. The first-order valence-electron chi connectivity index (χ1n) is 4.33. The lowest BCUT2D eigenvalue weighted by Crippen LogP contribution is -2.26. The maximum absolute atomic E-state index is 9.63. The zero-order valence-electron chi connectivity index (χ0n) is 7.43. The fourth-order valence-corrected chi connectivity index (χ4v) is 1.17. The Labute approximate surface area is 77.8 Å². The Morgan fingerprint density at radius 3 is 2.38 bits per heavy atom. The quantitative estimate of drug-likeness (QED) is 0.631. The third-order valence-corrected chi connectivity index (χ3v) is 1.94. The molecule has 3 heteroatoms. The van der Waals surface area contributed by atoms with Gasteiger partial charge in [-0.25, -0.2) is 0 Å². The average Bonchev–Trinajstić information content (AvgIpc) is 2.19. The number of aliphatic hydroxyl groups is 2. The maximum Gasteiger partial charge on any atom is 0.0805 e. The molecule has 3 nitrogen and oxygen atoms in total. The SMILES string of the molecule is N[C@H](CO)C[C@H](O)c1ccccc1. The molecular weight excluding hydrogens is 166 g/mol. The Morgan fingerprint density at radius 2 is 1.85 bits per heavy atom. The first-order chi connectivity index (χ1) is 6.24. The van der Waals surface area contributed by atoms with Crippen molar-refractivity contribution in [2.75, 3.05) is 6.61 Å². The third-order valence-electron chi connectivity index (χ3n) is 1.94. The summed E-state index contributed by atoms with van der Waals surface area (Å²) in [6.45, 7) is -0.0934. The number of hydrogen-bond donors (Lipinski definition) is 3. The standard InChI is InChI=1S/C10H15NO2/c11-9(7-12)6-10(13)8-4-2-1-3-5-8/h1-5,9-10,12-13H,6-7,11H2/t9-,10-/m0/s1. The van der Waals surface area contributed by atoms with Crippen LogP contribution in [-0.4, -0.2) is 22.9 Å². The van der Waals surface area contributed by atoms with E-state index in [1.54, 1.807) is 0 Å². The van der Waals surface area contributed by atoms with E-state index in [-0.39, 0.29) is 12.6 Å². The van der Waals surface area contributed by atoms with E-state index in [0.717, 1.165) is 5.56 Å². The van der Waals surface area contributed by atoms with Crippen LogP contribution in [0, 0.1) is 0 Å². The van der Waals surface area contributed by atoms with Gasteiger partial charge in [-0.1, -0.05) is 30.3 Å². The number of benzene rings is 1. The number of aliphatic hydroxyl groups excluding tert-OH is 2. The van der Waals surface area contributed by atoms with Gasteiger partial charge in [-0.15, -0.1) is 0 Å². The molecular formula is C10H15NO2. The fraction of sp³-hybridized carbons (Fsp3) is 0.400. The van der Waals surface area contributed by atoms with Crippen molar-refractivity contribution in [3.63, 3.8) is 0 Å². The molecule has 0 aliphatic carbocycles. The molecule has 0 fully saturated rings. The topological polar surface area (TPSA) is 66.5 Å². The molecule has 0 spiro atoms. The maximum atomic E-state index is 9.63. The number of rotatable bonds is 4. The van der Waals surface area contributed by atoms with E-state index < -0.39 is 6.10 Å². The van der Waals surface area contributed by atoms with Gasteiger partial charge >= 0.3 is 0 Å². The molecule has 72 valence electrons. The van der Waals surface area contributed by atoms with Gasteiger partial charge in [0, 0.05) is 6.04 Å². The lowest BCUT2D eigenvalue weighted by Gasteiger charge is -2.14. The molecule has 1 rings (SSSR count). The van der Waals surface area contributed by atoms with Crippen LogP contribution in [0.1, 0.15) is 18.1 Å². The third kappa shape index (κ3) is 3.14. The van der Waals surface area contributed by atoms with E-state index in [2.05, 4.69) is 0 Å². The summed E-state index contributed by atoms with van der Waals surface area (Å²) in [7, 11) is 0. The highest BCUT2D eigenvalue weighted by molar-refractivity contribution is 5.17. The van der Waals surface area contributed by atoms with Gasteiger partial charge in [-0.3, -0.25) is 0 Å². The van der Waals surface area contributed by atoms with Crippen molar-refractivity contribution in [2.45, 2.75) is 18.6 Å². The highest BCUT2D eigenvalue weighted by Crippen LogP contribution is 2.16. The van der Waals surface area contributed by atoms with E-state index in [1.165, 1.54) is 0 Å². The normalized spacial score (nSPS) is 15.3. The fourth-order valence-electron chi connectivity index (χ4n) is 1.17. The van der Waals surface area contributed by atoms with Gasteiger partial charge in [-0.2, -0.15) is 0 Å². The minimum absolute atomic E-state index is 0.0934. The molecule has 0 heterocycles. The largest absolute Gasteiger partial charge is 0.395 e. The summed E-state index contributed by atoms with van der Waals surface area (Å²) in [5.41, 5.74) is 6.34. The van der Waals surface area contributed by atoms with Crippen LogP contribution in [-0.2, 0) is 0 Å². The van der Waals surface area contributed by atoms with Crippen molar-refractivity contribution in [3.05, 3.63) is 35.9 Å². The second-order valence-corrected chi connectivity index (χ2v) is 3.10. The molecule has 1 aromatic rings. The monoisotopic (exact) mass is 181 g/mol. The first kappa shape index (κ1) is 10.2. The van der Waals surface area contributed by atoms with Crippen molar-refractivity contribution in [3.8, 4) is 0 Å². The minimum Gasteiger partial charge on any atom is -0.395 e. The zero-order valence-corrected chi connectivity index (χ0v) is 7.43. The molecule has 0 radical (unpaired) electrons. The highest BCUT2D eigenvalue weighted by Gasteiger charge is 2.10. The Kier molecular flexibility index (Phi) is 3.89. The van der Waals surface area contributed by atoms with Gasteiger partial charge in [0.15, 0.2) is 0 Å². The highest BCUT2D eigenvalue weighted by atomic mass is 16.3. The van der Waals surface area contributed by atoms with Crippen molar-refractivity contribution in [2.24, 2.45) is 5.73 Å². The van der Waals surface area contributed by atoms with Crippen LogP contribution in [0.2, 0.25) is 0 Å². The Bertz CT molecular complexity index is 238. The van der Waals surface area contributed by atoms with E-state index in [4.69, 9.17) is 10.8 Å². The predicted molar refractivity (Wildman–Crippen MR) is 51.1 cm³/mol. The summed E-state index contributed by atoms with van der Waals surface area (Å²) in [6, 6.07) is 8.95. The molecule has 0 aromatic heterocycles. The van der Waals surface area contributed by atoms with Crippen LogP contribution in [0.25, 0.3) is 0 Å². The molecule has 13 heavy (non-hydrogen) atoms. The first-order valence-corrected chi connectivity index (χ1v) is 4.33. The van der Waals surface area contributed by atoms with Crippen LogP contribution in [0.3, 0.4) is 0 Å². The van der Waals surface area contributed by atoms with Crippen LogP contribution in [0.4, 0.5) is 0 Å². The summed E-state index contributed by atoms with van der Waals surface area (Å²) in [5.74, 6) is 0. The summed E-state index contributed by atoms with van der Waals surface area (Å²) >= 11 is 0.